The molecule has 0 saturated heterocycles. The Labute approximate surface area is 163 Å². The molecule has 3 aromatic rings. The lowest BCUT2D eigenvalue weighted by Crippen LogP contribution is -2.11. The Hall–Kier alpha value is -3.46. The van der Waals surface area contributed by atoms with E-state index in [2.05, 4.69) is 20.1 Å². The molecular formula is C19H19N5O3S. The standard InChI is InChI=1S/C19H19N5O3S/c1-24-13-15(12-21-24)18-8-9-20-11-14(18)6-7-19(25)22-16-4-3-5-17(10-16)23-28(2,26)27/h3-13,23H,1-2H3,(H,22,25)/b7-6+. The summed E-state index contributed by atoms with van der Waals surface area (Å²) < 4.78 is 26.7. The Morgan fingerprint density at radius 1 is 1.18 bits per heavy atom. The summed E-state index contributed by atoms with van der Waals surface area (Å²) in [5.74, 6) is -0.350. The van der Waals surface area contributed by atoms with Crippen molar-refractivity contribution in [1.82, 2.24) is 14.8 Å². The predicted octanol–water partition coefficient (Wildman–Crippen LogP) is 2.51. The normalized spacial score (nSPS) is 11.5. The number of amides is 1. The number of carbonyl (C=O) groups excluding carboxylic acids is 1. The van der Waals surface area contributed by atoms with Crippen molar-refractivity contribution >= 4 is 33.4 Å². The summed E-state index contributed by atoms with van der Waals surface area (Å²) in [7, 11) is -1.55. The van der Waals surface area contributed by atoms with Crippen molar-refractivity contribution in [2.45, 2.75) is 0 Å². The highest BCUT2D eigenvalue weighted by Crippen LogP contribution is 2.23. The predicted molar refractivity (Wildman–Crippen MR) is 109 cm³/mol. The van der Waals surface area contributed by atoms with Crippen LogP contribution in [0, 0.1) is 0 Å². The van der Waals surface area contributed by atoms with Gasteiger partial charge in [0.25, 0.3) is 0 Å². The van der Waals surface area contributed by atoms with Crippen molar-refractivity contribution < 1.29 is 13.2 Å². The molecule has 0 aliphatic carbocycles. The van der Waals surface area contributed by atoms with E-state index in [4.69, 9.17) is 0 Å². The van der Waals surface area contributed by atoms with Gasteiger partial charge < -0.3 is 5.32 Å². The van der Waals surface area contributed by atoms with Crippen LogP contribution >= 0.6 is 0 Å². The summed E-state index contributed by atoms with van der Waals surface area (Å²) >= 11 is 0. The highest BCUT2D eigenvalue weighted by atomic mass is 32.2. The van der Waals surface area contributed by atoms with E-state index in [1.807, 2.05) is 19.3 Å². The number of aromatic nitrogens is 3. The van der Waals surface area contributed by atoms with Gasteiger partial charge in [-0.2, -0.15) is 5.10 Å². The SMILES string of the molecule is Cn1cc(-c2ccncc2/C=C/C(=O)Nc2cccc(NS(C)(=O)=O)c2)cn1. The molecule has 9 heteroatoms. The molecule has 0 aliphatic heterocycles. The van der Waals surface area contributed by atoms with E-state index in [0.717, 1.165) is 22.9 Å². The number of carbonyl (C=O) groups is 1. The maximum atomic E-state index is 12.3. The van der Waals surface area contributed by atoms with Gasteiger partial charge in [-0.3, -0.25) is 19.2 Å². The van der Waals surface area contributed by atoms with Crippen LogP contribution in [0.15, 0.2) is 61.2 Å². The van der Waals surface area contributed by atoms with Gasteiger partial charge in [-0.25, -0.2) is 8.42 Å². The lowest BCUT2D eigenvalue weighted by atomic mass is 10.0. The minimum absolute atomic E-state index is 0.350. The molecule has 0 bridgehead atoms. The zero-order valence-electron chi connectivity index (χ0n) is 15.3. The summed E-state index contributed by atoms with van der Waals surface area (Å²) in [5.41, 5.74) is 3.45. The molecule has 144 valence electrons. The Morgan fingerprint density at radius 3 is 2.68 bits per heavy atom. The summed E-state index contributed by atoms with van der Waals surface area (Å²) in [6.07, 6.45) is 11.1. The number of nitrogens with one attached hydrogen (secondary N) is 2. The van der Waals surface area contributed by atoms with E-state index < -0.39 is 10.0 Å². The number of rotatable bonds is 6. The van der Waals surface area contributed by atoms with Crippen LogP contribution in [-0.4, -0.2) is 35.3 Å². The average Bonchev–Trinajstić information content (AvgIpc) is 3.05. The van der Waals surface area contributed by atoms with Crippen molar-refractivity contribution in [2.75, 3.05) is 16.3 Å². The highest BCUT2D eigenvalue weighted by Gasteiger charge is 2.07. The first-order chi connectivity index (χ1) is 13.3. The van der Waals surface area contributed by atoms with Gasteiger partial charge in [0.15, 0.2) is 0 Å². The third kappa shape index (κ3) is 5.27. The van der Waals surface area contributed by atoms with Gasteiger partial charge in [-0.05, 0) is 35.9 Å². The fraction of sp³-hybridized carbons (Fsp3) is 0.105. The number of anilines is 2. The molecule has 28 heavy (non-hydrogen) atoms. The second kappa shape index (κ2) is 8.05. The smallest absolute Gasteiger partial charge is 0.248 e. The molecule has 0 fully saturated rings. The molecule has 0 aliphatic rings. The van der Waals surface area contributed by atoms with Crippen LogP contribution in [0.5, 0.6) is 0 Å². The molecule has 0 spiro atoms. The zero-order chi connectivity index (χ0) is 20.1. The van der Waals surface area contributed by atoms with E-state index in [1.165, 1.54) is 12.1 Å². The van der Waals surface area contributed by atoms with E-state index in [0.29, 0.717) is 11.4 Å². The second-order valence-corrected chi connectivity index (χ2v) is 7.89. The number of sulfonamides is 1. The largest absolute Gasteiger partial charge is 0.322 e. The first-order valence-corrected chi connectivity index (χ1v) is 10.2. The molecule has 0 atom stereocenters. The van der Waals surface area contributed by atoms with Crippen LogP contribution in [0.1, 0.15) is 5.56 Å². The number of hydrogen-bond acceptors (Lipinski definition) is 5. The first kappa shape index (κ1) is 19.3. The topological polar surface area (TPSA) is 106 Å². The zero-order valence-corrected chi connectivity index (χ0v) is 16.1. The number of nitrogens with zero attached hydrogens (tertiary/aromatic N) is 3. The number of benzene rings is 1. The minimum atomic E-state index is -3.39. The van der Waals surface area contributed by atoms with Gasteiger partial charge in [0.05, 0.1) is 18.1 Å². The maximum Gasteiger partial charge on any atom is 0.248 e. The van der Waals surface area contributed by atoms with Gasteiger partial charge >= 0.3 is 0 Å². The Bertz CT molecular complexity index is 1140. The minimum Gasteiger partial charge on any atom is -0.322 e. The fourth-order valence-corrected chi connectivity index (χ4v) is 3.14. The van der Waals surface area contributed by atoms with Crippen LogP contribution in [0.2, 0.25) is 0 Å². The molecule has 3 rings (SSSR count). The van der Waals surface area contributed by atoms with Gasteiger partial charge in [-0.15, -0.1) is 0 Å². The molecule has 8 nitrogen and oxygen atoms in total. The monoisotopic (exact) mass is 397 g/mol. The molecule has 2 aromatic heterocycles. The lowest BCUT2D eigenvalue weighted by Gasteiger charge is -2.07. The van der Waals surface area contributed by atoms with E-state index in [1.54, 1.807) is 47.5 Å². The van der Waals surface area contributed by atoms with Crippen LogP contribution in [0.3, 0.4) is 0 Å². The fourth-order valence-electron chi connectivity index (χ4n) is 2.59. The molecule has 0 saturated carbocycles. The van der Waals surface area contributed by atoms with Gasteiger partial charge in [0, 0.05) is 48.5 Å². The van der Waals surface area contributed by atoms with Crippen LogP contribution < -0.4 is 10.0 Å². The molecule has 1 amide bonds. The first-order valence-electron chi connectivity index (χ1n) is 8.30. The highest BCUT2D eigenvalue weighted by molar-refractivity contribution is 7.92. The van der Waals surface area contributed by atoms with E-state index in [9.17, 15) is 13.2 Å². The molecular weight excluding hydrogens is 378 g/mol. The average molecular weight is 397 g/mol. The molecule has 2 N–H and O–H groups in total. The molecule has 0 radical (unpaired) electrons. The maximum absolute atomic E-state index is 12.3. The lowest BCUT2D eigenvalue weighted by molar-refractivity contribution is -0.111. The third-order valence-electron chi connectivity index (χ3n) is 3.72. The summed E-state index contributed by atoms with van der Waals surface area (Å²) in [4.78, 5) is 16.4. The van der Waals surface area contributed by atoms with Crippen molar-refractivity contribution in [1.29, 1.82) is 0 Å². The number of pyridine rings is 1. The Morgan fingerprint density at radius 2 is 1.96 bits per heavy atom. The Kier molecular flexibility index (Phi) is 5.55. The van der Waals surface area contributed by atoms with Gasteiger partial charge in [-0.1, -0.05) is 6.07 Å². The second-order valence-electron chi connectivity index (χ2n) is 6.14. The Balaban J connectivity index is 1.74. The molecule has 1 aromatic carbocycles. The van der Waals surface area contributed by atoms with Gasteiger partial charge in [0.2, 0.25) is 15.9 Å². The summed E-state index contributed by atoms with van der Waals surface area (Å²) in [5, 5.41) is 6.87. The summed E-state index contributed by atoms with van der Waals surface area (Å²) in [6, 6.07) is 8.31. The van der Waals surface area contributed by atoms with Crippen LogP contribution in [-0.2, 0) is 21.9 Å². The van der Waals surface area contributed by atoms with Crippen molar-refractivity contribution in [3.8, 4) is 11.1 Å². The number of hydrogen-bond donors (Lipinski definition) is 2. The van der Waals surface area contributed by atoms with Crippen molar-refractivity contribution in [3.05, 3.63) is 66.8 Å². The quantitative estimate of drug-likeness (QED) is 0.622. The van der Waals surface area contributed by atoms with Crippen molar-refractivity contribution in [3.63, 3.8) is 0 Å². The third-order valence-corrected chi connectivity index (χ3v) is 4.32. The van der Waals surface area contributed by atoms with E-state index in [-0.39, 0.29) is 5.91 Å². The summed E-state index contributed by atoms with van der Waals surface area (Å²) in [6.45, 7) is 0. The molecule has 0 unspecified atom stereocenters. The molecule has 2 heterocycles. The van der Waals surface area contributed by atoms with Crippen LogP contribution in [0.4, 0.5) is 11.4 Å². The van der Waals surface area contributed by atoms with Crippen LogP contribution in [0.25, 0.3) is 17.2 Å². The van der Waals surface area contributed by atoms with Gasteiger partial charge in [0.1, 0.15) is 0 Å². The van der Waals surface area contributed by atoms with Crippen molar-refractivity contribution in [2.24, 2.45) is 7.05 Å². The number of aryl methyl sites for hydroxylation is 1. The van der Waals surface area contributed by atoms with E-state index >= 15 is 0 Å².